The lowest BCUT2D eigenvalue weighted by atomic mass is 9.88. The topological polar surface area (TPSA) is 80.2 Å². The van der Waals surface area contributed by atoms with Crippen molar-refractivity contribution in [2.24, 2.45) is 0 Å². The van der Waals surface area contributed by atoms with Gasteiger partial charge in [0.1, 0.15) is 23.0 Å². The Morgan fingerprint density at radius 3 is 2.81 bits per heavy atom. The van der Waals surface area contributed by atoms with E-state index in [1.165, 1.54) is 0 Å². The summed E-state index contributed by atoms with van der Waals surface area (Å²) in [5, 5.41) is 14.4. The van der Waals surface area contributed by atoms with Crippen molar-refractivity contribution in [2.75, 3.05) is 18.5 Å². The van der Waals surface area contributed by atoms with Crippen molar-refractivity contribution >= 4 is 5.82 Å². The van der Waals surface area contributed by atoms with E-state index in [2.05, 4.69) is 20.3 Å². The van der Waals surface area contributed by atoms with E-state index in [9.17, 15) is 5.11 Å². The van der Waals surface area contributed by atoms with Gasteiger partial charge in [-0.1, -0.05) is 24.3 Å². The summed E-state index contributed by atoms with van der Waals surface area (Å²) in [5.41, 5.74) is 1.34. The summed E-state index contributed by atoms with van der Waals surface area (Å²) in [6.07, 6.45) is 2.26. The summed E-state index contributed by atoms with van der Waals surface area (Å²) >= 11 is 0. The molecule has 0 radical (unpaired) electrons. The van der Waals surface area contributed by atoms with Crippen molar-refractivity contribution < 1.29 is 9.84 Å². The van der Waals surface area contributed by atoms with Gasteiger partial charge in [-0.15, -0.1) is 0 Å². The summed E-state index contributed by atoms with van der Waals surface area (Å²) in [5.74, 6) is 2.04. The molecule has 1 aromatic carbocycles. The number of aliphatic hydroxyl groups is 1. The quantitative estimate of drug-likeness (QED) is 0.755. The van der Waals surface area contributed by atoms with Gasteiger partial charge >= 0.3 is 0 Å². The van der Waals surface area contributed by atoms with Crippen molar-refractivity contribution in [3.8, 4) is 17.1 Å². The standard InChI is InChI=1S/C20H20N4O2/c1-14-23-17(16-7-4-5-10-21-16)12-19(24-14)22-13-20(25)9-11-26-18-8-3-2-6-15(18)20/h2-8,10,12,25H,9,11,13H2,1H3,(H,22,23,24). The third kappa shape index (κ3) is 3.23. The molecule has 2 N–H and O–H groups in total. The molecule has 0 saturated heterocycles. The van der Waals surface area contributed by atoms with Crippen LogP contribution in [-0.2, 0) is 5.60 Å². The van der Waals surface area contributed by atoms with Crippen LogP contribution in [0.4, 0.5) is 5.82 Å². The fraction of sp³-hybridized carbons (Fsp3) is 0.250. The molecule has 6 heteroatoms. The number of nitrogens with zero attached hydrogens (tertiary/aromatic N) is 3. The molecule has 1 atom stereocenters. The van der Waals surface area contributed by atoms with Gasteiger partial charge in [0.05, 0.1) is 18.0 Å². The lowest BCUT2D eigenvalue weighted by Crippen LogP contribution is -2.39. The molecule has 4 rings (SSSR count). The van der Waals surface area contributed by atoms with Crippen LogP contribution in [0.2, 0.25) is 0 Å². The van der Waals surface area contributed by atoms with Crippen molar-refractivity contribution in [3.05, 3.63) is 66.1 Å². The number of para-hydroxylation sites is 1. The van der Waals surface area contributed by atoms with Crippen LogP contribution in [0.3, 0.4) is 0 Å². The van der Waals surface area contributed by atoms with Gasteiger partial charge in [0.25, 0.3) is 0 Å². The van der Waals surface area contributed by atoms with Crippen LogP contribution >= 0.6 is 0 Å². The molecule has 1 aliphatic rings. The van der Waals surface area contributed by atoms with Gasteiger partial charge in [0, 0.05) is 30.8 Å². The van der Waals surface area contributed by atoms with Crippen LogP contribution in [-0.4, -0.2) is 33.2 Å². The Morgan fingerprint density at radius 2 is 1.96 bits per heavy atom. The Bertz CT molecular complexity index is 917. The van der Waals surface area contributed by atoms with Gasteiger partial charge in [-0.25, -0.2) is 9.97 Å². The van der Waals surface area contributed by atoms with Gasteiger partial charge in [-0.05, 0) is 25.1 Å². The minimum absolute atomic E-state index is 0.339. The van der Waals surface area contributed by atoms with Crippen LogP contribution in [0.1, 0.15) is 17.8 Å². The zero-order valence-electron chi connectivity index (χ0n) is 14.5. The molecular formula is C20H20N4O2. The zero-order valence-corrected chi connectivity index (χ0v) is 14.5. The van der Waals surface area contributed by atoms with Gasteiger partial charge < -0.3 is 15.2 Å². The number of aromatic nitrogens is 3. The van der Waals surface area contributed by atoms with Gasteiger partial charge in [-0.2, -0.15) is 0 Å². The number of ether oxygens (including phenoxy) is 1. The van der Waals surface area contributed by atoms with Crippen molar-refractivity contribution in [1.82, 2.24) is 15.0 Å². The molecule has 1 unspecified atom stereocenters. The number of hydrogen-bond acceptors (Lipinski definition) is 6. The minimum Gasteiger partial charge on any atom is -0.493 e. The van der Waals surface area contributed by atoms with E-state index in [4.69, 9.17) is 4.74 Å². The number of pyridine rings is 1. The van der Waals surface area contributed by atoms with E-state index in [0.29, 0.717) is 31.2 Å². The molecule has 26 heavy (non-hydrogen) atoms. The molecule has 1 aliphatic heterocycles. The summed E-state index contributed by atoms with van der Waals surface area (Å²) in [4.78, 5) is 13.2. The molecule has 0 aliphatic carbocycles. The Kier molecular flexibility index (Phi) is 4.26. The Balaban J connectivity index is 1.58. The molecule has 0 fully saturated rings. The van der Waals surface area contributed by atoms with Crippen LogP contribution in [0.5, 0.6) is 5.75 Å². The molecule has 132 valence electrons. The number of benzene rings is 1. The molecule has 0 bridgehead atoms. The maximum atomic E-state index is 11.1. The SMILES string of the molecule is Cc1nc(NCC2(O)CCOc3ccccc32)cc(-c2ccccn2)n1. The number of anilines is 1. The molecule has 2 aromatic heterocycles. The largest absolute Gasteiger partial charge is 0.493 e. The van der Waals surface area contributed by atoms with Gasteiger partial charge in [-0.3, -0.25) is 4.98 Å². The fourth-order valence-electron chi connectivity index (χ4n) is 3.17. The van der Waals surface area contributed by atoms with Crippen molar-refractivity contribution in [2.45, 2.75) is 18.9 Å². The number of rotatable bonds is 4. The predicted octanol–water partition coefficient (Wildman–Crippen LogP) is 2.93. The molecule has 0 saturated carbocycles. The molecular weight excluding hydrogens is 328 g/mol. The summed E-state index contributed by atoms with van der Waals surface area (Å²) in [6.45, 7) is 2.67. The first-order valence-corrected chi connectivity index (χ1v) is 8.60. The highest BCUT2D eigenvalue weighted by atomic mass is 16.5. The number of aryl methyl sites for hydroxylation is 1. The van der Waals surface area contributed by atoms with E-state index in [1.54, 1.807) is 6.20 Å². The third-order valence-corrected chi connectivity index (χ3v) is 4.49. The zero-order chi connectivity index (χ0) is 18.0. The molecule has 3 heterocycles. The van der Waals surface area contributed by atoms with Crippen molar-refractivity contribution in [3.63, 3.8) is 0 Å². The molecule has 0 amide bonds. The Morgan fingerprint density at radius 1 is 1.12 bits per heavy atom. The second-order valence-electron chi connectivity index (χ2n) is 6.38. The summed E-state index contributed by atoms with van der Waals surface area (Å²) in [7, 11) is 0. The highest BCUT2D eigenvalue weighted by molar-refractivity contribution is 5.58. The predicted molar refractivity (Wildman–Crippen MR) is 98.9 cm³/mol. The van der Waals surface area contributed by atoms with E-state index < -0.39 is 5.60 Å². The smallest absolute Gasteiger partial charge is 0.130 e. The maximum absolute atomic E-state index is 11.1. The average Bonchev–Trinajstić information content (AvgIpc) is 2.67. The first-order valence-electron chi connectivity index (χ1n) is 8.60. The minimum atomic E-state index is -1.00. The number of nitrogens with one attached hydrogen (secondary N) is 1. The molecule has 0 spiro atoms. The van der Waals surface area contributed by atoms with Crippen LogP contribution < -0.4 is 10.1 Å². The van der Waals surface area contributed by atoms with Gasteiger partial charge in [0.2, 0.25) is 0 Å². The van der Waals surface area contributed by atoms with E-state index in [-0.39, 0.29) is 0 Å². The third-order valence-electron chi connectivity index (χ3n) is 4.49. The van der Waals surface area contributed by atoms with Gasteiger partial charge in [0.15, 0.2) is 0 Å². The summed E-state index contributed by atoms with van der Waals surface area (Å²) in [6, 6.07) is 15.2. The highest BCUT2D eigenvalue weighted by Gasteiger charge is 2.35. The Labute approximate surface area is 151 Å². The van der Waals surface area contributed by atoms with Crippen LogP contribution in [0.15, 0.2) is 54.7 Å². The number of fused-ring (bicyclic) bond motifs is 1. The molecule has 3 aromatic rings. The maximum Gasteiger partial charge on any atom is 0.130 e. The summed E-state index contributed by atoms with van der Waals surface area (Å²) < 4.78 is 5.65. The first kappa shape index (κ1) is 16.5. The van der Waals surface area contributed by atoms with E-state index in [1.807, 2.05) is 55.5 Å². The second-order valence-corrected chi connectivity index (χ2v) is 6.38. The average molecular weight is 348 g/mol. The van der Waals surface area contributed by atoms with E-state index >= 15 is 0 Å². The normalized spacial score (nSPS) is 18.7. The Hall–Kier alpha value is -2.99. The fourth-order valence-corrected chi connectivity index (χ4v) is 3.17. The second kappa shape index (κ2) is 6.72. The highest BCUT2D eigenvalue weighted by Crippen LogP contribution is 2.36. The lowest BCUT2D eigenvalue weighted by molar-refractivity contribution is 0.00908. The van der Waals surface area contributed by atoms with Crippen molar-refractivity contribution in [1.29, 1.82) is 0 Å². The number of hydrogen-bond donors (Lipinski definition) is 2. The molecule has 6 nitrogen and oxygen atoms in total. The van der Waals surface area contributed by atoms with E-state index in [0.717, 1.165) is 22.7 Å². The first-order chi connectivity index (χ1) is 12.6. The lowest BCUT2D eigenvalue weighted by Gasteiger charge is -2.34. The van der Waals surface area contributed by atoms with Crippen LogP contribution in [0.25, 0.3) is 11.4 Å². The monoisotopic (exact) mass is 348 g/mol. The van der Waals surface area contributed by atoms with Crippen LogP contribution in [0, 0.1) is 6.92 Å².